The lowest BCUT2D eigenvalue weighted by atomic mass is 9.89. The van der Waals surface area contributed by atoms with Crippen LogP contribution in [0.15, 0.2) is 254 Å². The molecule has 0 unspecified atom stereocenters. The highest BCUT2D eigenvalue weighted by Gasteiger charge is 2.39. The molecule has 25 nitrogen and oxygen atoms in total. The van der Waals surface area contributed by atoms with Crippen LogP contribution in [0, 0.1) is 75.8 Å². The molecule has 7 aromatic heterocycles. The number of aromatic nitrogens is 7. The number of Topliss-reactive ketones (excluding diaryl/α,β-unsaturated/α-hetero) is 5. The van der Waals surface area contributed by atoms with Crippen LogP contribution in [0.2, 0.25) is 10.0 Å². The minimum Gasteiger partial charge on any atom is -0.358 e. The third-order valence-corrected chi connectivity index (χ3v) is 24.9. The Hall–Kier alpha value is -15.7. The molecular weight excluding hydrogens is 1760 g/mol. The number of hydrogen-bond donors (Lipinski definition) is 1. The van der Waals surface area contributed by atoms with Crippen molar-refractivity contribution in [2.24, 2.45) is 25.0 Å². The zero-order valence-electron chi connectivity index (χ0n) is 78.2. The van der Waals surface area contributed by atoms with Crippen molar-refractivity contribution in [2.75, 3.05) is 5.32 Å². The molecule has 20 rings (SSSR count). The Kier molecular flexibility index (Phi) is 28.1. The van der Waals surface area contributed by atoms with Gasteiger partial charge in [-0.05, 0) is 214 Å². The van der Waals surface area contributed by atoms with E-state index in [4.69, 9.17) is 77.4 Å². The van der Waals surface area contributed by atoms with Crippen molar-refractivity contribution in [3.63, 3.8) is 0 Å². The molecule has 1 N–H and O–H groups in total. The molecule has 0 aliphatic carbocycles. The number of nitrogens with one attached hydrogen (secondary N) is 1. The van der Waals surface area contributed by atoms with Crippen molar-refractivity contribution >= 4 is 98.5 Å². The van der Waals surface area contributed by atoms with Crippen molar-refractivity contribution in [1.82, 2.24) is 35.8 Å². The Bertz CT molecular complexity index is 7300. The topological polar surface area (TPSA) is 337 Å². The smallest absolute Gasteiger partial charge is 0.211 e. The number of ketones is 5. The van der Waals surface area contributed by atoms with Gasteiger partial charge in [0.05, 0.1) is 102 Å². The van der Waals surface area contributed by atoms with Crippen molar-refractivity contribution < 1.29 is 51.4 Å². The maximum Gasteiger partial charge on any atom is 0.211 e. The monoisotopic (exact) mass is 1860 g/mol. The molecule has 0 spiro atoms. The number of aliphatic imine (C=N–C) groups is 5. The van der Waals surface area contributed by atoms with Crippen LogP contribution in [0.25, 0.3) is 60.5 Å². The summed E-state index contributed by atoms with van der Waals surface area (Å²) in [5.41, 5.74) is 34.0. The van der Waals surface area contributed by atoms with Crippen LogP contribution in [-0.4, -0.2) is 99.6 Å². The number of hydrogen-bond acceptors (Lipinski definition) is 23. The van der Waals surface area contributed by atoms with Crippen LogP contribution < -0.4 is 5.32 Å². The lowest BCUT2D eigenvalue weighted by Gasteiger charge is -2.14. The number of amides is 1. The quantitative estimate of drug-likeness (QED) is 0.0653. The highest BCUT2D eigenvalue weighted by Crippen LogP contribution is 2.49. The molecule has 0 saturated carbocycles. The van der Waals surface area contributed by atoms with Gasteiger partial charge in [0.2, 0.25) is 6.41 Å². The largest absolute Gasteiger partial charge is 0.358 e. The normalized spacial score (nSPS) is 15.4. The molecule has 5 aliphatic heterocycles. The summed E-state index contributed by atoms with van der Waals surface area (Å²) in [6.07, 6.45) is 7.04. The van der Waals surface area contributed by atoms with E-state index in [9.17, 15) is 28.8 Å². The van der Waals surface area contributed by atoms with E-state index in [-0.39, 0.29) is 61.0 Å². The molecule has 15 aromatic rings. The molecule has 1 amide bonds. The summed E-state index contributed by atoms with van der Waals surface area (Å²) in [5.74, 6) is 3.43. The van der Waals surface area contributed by atoms with Gasteiger partial charge < -0.3 is 27.9 Å². The predicted octanol–water partition coefficient (Wildman–Crippen LogP) is 24.4. The Morgan fingerprint density at radius 2 is 0.599 bits per heavy atom. The Morgan fingerprint density at radius 1 is 0.336 bits per heavy atom. The number of benzene rings is 8. The number of anilines is 1. The van der Waals surface area contributed by atoms with E-state index in [1.165, 1.54) is 0 Å². The fourth-order valence-electron chi connectivity index (χ4n) is 18.3. The molecule has 686 valence electrons. The zero-order valence-corrected chi connectivity index (χ0v) is 79.7. The standard InChI is InChI=1S/C23H21N3O3.C23H19N3O2.C22H19ClN2O2.C21H18ClN3O2.C21H19N3O2/c1-13-5-4-6-18-20(13)22(16-7-9-17(10-8-16)24-12-27)25-19(11-14(2)28)23-21(18)15(3)26-29-23;1-13-6-5-7-18-20(13)22(16-8-10-17(24-4)11-9-16)25-19(12-14(2)27)23-21(18)15(3)26-28-23;1-12-5-4-6-17-19(12)21(15-7-9-16(23)10-8-15)24-18(11-13(2)26)22-20(17)14(3)25-27-22;1-11-5-4-6-15-18(11)20(16-8-7-14(22)10-23-16)24-17(9-12(2)26)21-19(15)13(3)25-27-21;1-12-5-4-6-16-18(12)20(15-7-9-22-10-8-15)23-17(11-13(2)25)21-19(16)14(3)24-26-21/h4-10,12,19H,11H2,1-3H3,(H,24,27);5-11,19H,12H2,1-3H3;4-10,18H,11H2,1-3H3;4-8,10,17H,9H2,1-3H3;4-10,17H,11H2,1-3H3/t2*19-;18-;2*17-/m00000/s1. The van der Waals surface area contributed by atoms with Crippen LogP contribution in [0.3, 0.4) is 0 Å². The van der Waals surface area contributed by atoms with Gasteiger partial charge >= 0.3 is 0 Å². The summed E-state index contributed by atoms with van der Waals surface area (Å²) >= 11 is 12.1. The van der Waals surface area contributed by atoms with Crippen LogP contribution in [0.4, 0.5) is 11.4 Å². The minimum atomic E-state index is -0.446. The number of nitrogens with zero attached hydrogens (tertiary/aromatic N) is 13. The third kappa shape index (κ3) is 19.7. The first-order chi connectivity index (χ1) is 65.9. The van der Waals surface area contributed by atoms with E-state index >= 15 is 0 Å². The molecule has 137 heavy (non-hydrogen) atoms. The minimum absolute atomic E-state index is 0.0336. The highest BCUT2D eigenvalue weighted by molar-refractivity contribution is 6.31. The molecule has 0 radical (unpaired) electrons. The Morgan fingerprint density at radius 3 is 0.869 bits per heavy atom. The van der Waals surface area contributed by atoms with E-state index in [0.29, 0.717) is 62.3 Å². The second-order valence-electron chi connectivity index (χ2n) is 34.6. The molecule has 0 saturated heterocycles. The number of halogens is 2. The lowest BCUT2D eigenvalue weighted by Crippen LogP contribution is -2.10. The van der Waals surface area contributed by atoms with Gasteiger partial charge in [-0.2, -0.15) is 0 Å². The van der Waals surface area contributed by atoms with Crippen molar-refractivity contribution in [2.45, 2.75) is 166 Å². The fourth-order valence-corrected chi connectivity index (χ4v) is 18.5. The van der Waals surface area contributed by atoms with Crippen molar-refractivity contribution in [1.29, 1.82) is 0 Å². The van der Waals surface area contributed by atoms with Gasteiger partial charge in [0, 0.05) is 106 Å². The summed E-state index contributed by atoms with van der Waals surface area (Å²) in [6.45, 7) is 34.9. The molecule has 5 aliphatic rings. The highest BCUT2D eigenvalue weighted by atomic mass is 35.5. The molecule has 0 bridgehead atoms. The Balaban J connectivity index is 0.000000124. The molecule has 8 aromatic carbocycles. The van der Waals surface area contributed by atoms with Gasteiger partial charge in [0.15, 0.2) is 34.5 Å². The molecule has 27 heteroatoms. The van der Waals surface area contributed by atoms with Crippen LogP contribution >= 0.6 is 23.2 Å². The number of fused-ring (bicyclic) bond motifs is 15. The number of carbonyl (C=O) groups is 6. The number of rotatable bonds is 17. The summed E-state index contributed by atoms with van der Waals surface area (Å²) in [6, 6.07) is 58.5. The maximum absolute atomic E-state index is 12.0. The van der Waals surface area contributed by atoms with E-state index in [2.05, 4.69) is 97.0 Å². The summed E-state index contributed by atoms with van der Waals surface area (Å²) < 4.78 is 28.2. The maximum atomic E-state index is 12.0. The van der Waals surface area contributed by atoms with Crippen LogP contribution in [-0.2, 0) is 28.8 Å². The predicted molar refractivity (Wildman–Crippen MR) is 529 cm³/mol. The lowest BCUT2D eigenvalue weighted by molar-refractivity contribution is -0.118. The first-order valence-corrected chi connectivity index (χ1v) is 45.5. The Labute approximate surface area is 801 Å². The van der Waals surface area contributed by atoms with E-state index in [1.807, 2.05) is 188 Å². The average Bonchev–Trinajstić information content (AvgIpc) is 1.63. The molecular formula is C110H96Cl2N14O11. The first-order valence-electron chi connectivity index (χ1n) is 44.7. The van der Waals surface area contributed by atoms with Crippen molar-refractivity contribution in [3.05, 3.63) is 369 Å². The molecule has 5 atom stereocenters. The van der Waals surface area contributed by atoms with Gasteiger partial charge in [-0.15, -0.1) is 0 Å². The SMILES string of the molecule is CC(=O)C[C@@H]1N=C(c2ccc(Cl)cc2)c2c(C)cccc2-c2c(C)noc21.CC(=O)C[C@@H]1N=C(c2ccc(Cl)cn2)c2c(C)cccc2-c2c(C)noc21.CC(=O)C[C@@H]1N=C(c2ccc(NC=O)cc2)c2c(C)cccc2-c2c(C)noc21.CC(=O)C[C@@H]1N=C(c2ccncc2)c2c(C)cccc2-c2c(C)noc21.[C-]#[N+]c1ccc(C2=N[C@@H](CC(C)=O)c3onc(C)c3-c3cccc(C)c32)cc1. The molecule has 12 heterocycles. The van der Waals surface area contributed by atoms with Crippen LogP contribution in [0.5, 0.6) is 0 Å². The van der Waals surface area contributed by atoms with Gasteiger partial charge in [0.25, 0.3) is 0 Å². The number of aryl methyl sites for hydroxylation is 10. The fraction of sp³-hybridized carbons (Fsp3) is 0.227. The number of pyridine rings is 2. The van der Waals surface area contributed by atoms with E-state index in [1.54, 1.807) is 71.4 Å². The van der Waals surface area contributed by atoms with E-state index in [0.717, 1.165) is 191 Å². The summed E-state index contributed by atoms with van der Waals surface area (Å²) in [5, 5.41) is 24.7. The molecule has 0 fully saturated rings. The summed E-state index contributed by atoms with van der Waals surface area (Å²) in [7, 11) is 0. The second-order valence-corrected chi connectivity index (χ2v) is 35.5. The van der Waals surface area contributed by atoms with Gasteiger partial charge in [-0.25, -0.2) is 4.85 Å². The summed E-state index contributed by atoms with van der Waals surface area (Å²) in [4.78, 5) is 107. The van der Waals surface area contributed by atoms with E-state index < -0.39 is 30.2 Å². The third-order valence-electron chi connectivity index (χ3n) is 24.4. The van der Waals surface area contributed by atoms with Gasteiger partial charge in [0.1, 0.15) is 59.1 Å². The van der Waals surface area contributed by atoms with Crippen molar-refractivity contribution in [3.8, 4) is 55.6 Å². The van der Waals surface area contributed by atoms with Gasteiger partial charge in [-0.1, -0.05) is 189 Å². The second kappa shape index (κ2) is 40.7. The first kappa shape index (κ1) is 94.5. The zero-order chi connectivity index (χ0) is 96.9. The van der Waals surface area contributed by atoms with Gasteiger partial charge in [-0.3, -0.25) is 63.7 Å². The number of carbonyl (C=O) groups excluding carboxylic acids is 6. The van der Waals surface area contributed by atoms with Crippen LogP contribution in [0.1, 0.15) is 238 Å². The average molecular weight is 1860 g/mol.